The lowest BCUT2D eigenvalue weighted by molar-refractivity contribution is -0.138. The first-order chi connectivity index (χ1) is 6.54. The molecular weight excluding hydrogens is 196 g/mol. The van der Waals surface area contributed by atoms with Crippen LogP contribution in [0, 0.1) is 16.7 Å². The Labute approximate surface area is 88.4 Å². The first-order valence-electron chi connectivity index (χ1n) is 4.88. The molecule has 2 fully saturated rings. The van der Waals surface area contributed by atoms with E-state index >= 15 is 0 Å². The van der Waals surface area contributed by atoms with Crippen LogP contribution in [0.25, 0.3) is 0 Å². The van der Waals surface area contributed by atoms with Crippen molar-refractivity contribution in [2.45, 2.75) is 31.6 Å². The first-order valence-corrected chi connectivity index (χ1v) is 5.93. The van der Waals surface area contributed by atoms with Gasteiger partial charge in [-0.15, -0.1) is 0 Å². The molecule has 2 unspecified atom stereocenters. The van der Waals surface area contributed by atoms with Crippen molar-refractivity contribution in [2.75, 3.05) is 12.3 Å². The fraction of sp³-hybridized carbons (Fsp3) is 0.800. The Morgan fingerprint density at radius 1 is 1.64 bits per heavy atom. The van der Waals surface area contributed by atoms with E-state index in [-0.39, 0.29) is 5.91 Å². The Morgan fingerprint density at radius 3 is 2.79 bits per heavy atom. The number of likely N-dealkylation sites (tertiary alicyclic amines) is 1. The minimum atomic E-state index is -0.852. The molecule has 0 aromatic carbocycles. The summed E-state index contributed by atoms with van der Waals surface area (Å²) >= 11 is 1.95. The van der Waals surface area contributed by atoms with Gasteiger partial charge in [0.15, 0.2) is 0 Å². The number of nitrogens with zero attached hydrogens (tertiary/aromatic N) is 2. The van der Waals surface area contributed by atoms with Gasteiger partial charge in [0, 0.05) is 23.6 Å². The molecule has 14 heavy (non-hydrogen) atoms. The standard InChI is InChI=1S/C10H14N2OS/c1-10(2,6-11)9(13)12-4-8-3-7(12)5-14-8/h7-8H,3-5H2,1-2H3. The first kappa shape index (κ1) is 9.85. The van der Waals surface area contributed by atoms with Crippen molar-refractivity contribution in [3.05, 3.63) is 0 Å². The Kier molecular flexibility index (Phi) is 2.23. The second-order valence-electron chi connectivity index (χ2n) is 4.54. The Morgan fingerprint density at radius 2 is 2.36 bits per heavy atom. The summed E-state index contributed by atoms with van der Waals surface area (Å²) in [5, 5.41) is 9.52. The molecule has 0 aliphatic carbocycles. The monoisotopic (exact) mass is 210 g/mol. The molecule has 0 aromatic heterocycles. The fourth-order valence-corrected chi connectivity index (χ4v) is 3.49. The zero-order valence-corrected chi connectivity index (χ0v) is 9.30. The van der Waals surface area contributed by atoms with Gasteiger partial charge in [0.05, 0.1) is 6.07 Å². The quantitative estimate of drug-likeness (QED) is 0.654. The van der Waals surface area contributed by atoms with Crippen molar-refractivity contribution in [3.8, 4) is 6.07 Å². The molecule has 0 radical (unpaired) electrons. The average molecular weight is 210 g/mol. The summed E-state index contributed by atoms with van der Waals surface area (Å²) in [5.74, 6) is 1.06. The van der Waals surface area contributed by atoms with Crippen LogP contribution in [0.1, 0.15) is 20.3 Å². The van der Waals surface area contributed by atoms with E-state index in [0.717, 1.165) is 18.7 Å². The van der Waals surface area contributed by atoms with Crippen LogP contribution in [0.5, 0.6) is 0 Å². The third-order valence-corrected chi connectivity index (χ3v) is 4.37. The molecule has 2 bridgehead atoms. The third-order valence-electron chi connectivity index (χ3n) is 2.98. The topological polar surface area (TPSA) is 44.1 Å². The summed E-state index contributed by atoms with van der Waals surface area (Å²) in [7, 11) is 0. The van der Waals surface area contributed by atoms with Crippen LogP contribution in [0.3, 0.4) is 0 Å². The summed E-state index contributed by atoms with van der Waals surface area (Å²) in [6.45, 7) is 4.25. The number of nitriles is 1. The summed E-state index contributed by atoms with van der Waals surface area (Å²) in [6, 6.07) is 2.47. The number of carbonyl (C=O) groups is 1. The molecule has 2 saturated heterocycles. The molecule has 3 nitrogen and oxygen atoms in total. The lowest BCUT2D eigenvalue weighted by Crippen LogP contribution is -2.45. The molecule has 4 heteroatoms. The predicted molar refractivity (Wildman–Crippen MR) is 55.8 cm³/mol. The highest BCUT2D eigenvalue weighted by atomic mass is 32.2. The smallest absolute Gasteiger partial charge is 0.242 e. The summed E-state index contributed by atoms with van der Waals surface area (Å²) in [6.07, 6.45) is 1.12. The number of carbonyl (C=O) groups excluding carboxylic acids is 1. The van der Waals surface area contributed by atoms with Crippen molar-refractivity contribution in [1.29, 1.82) is 5.26 Å². The summed E-state index contributed by atoms with van der Waals surface area (Å²) in [5.41, 5.74) is -0.852. The van der Waals surface area contributed by atoms with E-state index in [2.05, 4.69) is 6.07 Å². The largest absolute Gasteiger partial charge is 0.336 e. The van der Waals surface area contributed by atoms with E-state index in [1.807, 2.05) is 16.7 Å². The molecule has 0 saturated carbocycles. The number of hydrogen-bond donors (Lipinski definition) is 0. The Bertz CT molecular complexity index is 308. The number of fused-ring (bicyclic) bond motifs is 2. The van der Waals surface area contributed by atoms with E-state index < -0.39 is 5.41 Å². The highest BCUT2D eigenvalue weighted by Crippen LogP contribution is 2.39. The van der Waals surface area contributed by atoms with Crippen molar-refractivity contribution in [2.24, 2.45) is 5.41 Å². The van der Waals surface area contributed by atoms with Crippen LogP contribution < -0.4 is 0 Å². The van der Waals surface area contributed by atoms with Crippen molar-refractivity contribution >= 4 is 17.7 Å². The lowest BCUT2D eigenvalue weighted by Gasteiger charge is -2.31. The molecule has 2 aliphatic heterocycles. The van der Waals surface area contributed by atoms with E-state index in [1.54, 1.807) is 13.8 Å². The summed E-state index contributed by atoms with van der Waals surface area (Å²) < 4.78 is 0. The molecule has 2 heterocycles. The molecule has 2 rings (SSSR count). The third kappa shape index (κ3) is 1.40. The van der Waals surface area contributed by atoms with Gasteiger partial charge in [0.2, 0.25) is 5.91 Å². The SMILES string of the molecule is CC(C)(C#N)C(=O)N1CC2CC1CS2. The minimum Gasteiger partial charge on any atom is -0.336 e. The minimum absolute atomic E-state index is 0.00722. The highest BCUT2D eigenvalue weighted by molar-refractivity contribution is 8.00. The maximum Gasteiger partial charge on any atom is 0.242 e. The van der Waals surface area contributed by atoms with Crippen molar-refractivity contribution < 1.29 is 4.79 Å². The molecular formula is C10H14N2OS. The number of thioether (sulfide) groups is 1. The molecule has 0 aromatic rings. The van der Waals surface area contributed by atoms with Gasteiger partial charge < -0.3 is 4.90 Å². The Hall–Kier alpha value is -0.690. The zero-order valence-electron chi connectivity index (χ0n) is 8.49. The van der Waals surface area contributed by atoms with Crippen LogP contribution >= 0.6 is 11.8 Å². The van der Waals surface area contributed by atoms with Gasteiger partial charge in [0.25, 0.3) is 0 Å². The van der Waals surface area contributed by atoms with Crippen LogP contribution in [0.4, 0.5) is 0 Å². The number of rotatable bonds is 1. The summed E-state index contributed by atoms with van der Waals surface area (Å²) in [4.78, 5) is 13.9. The molecule has 0 spiro atoms. The molecule has 76 valence electrons. The van der Waals surface area contributed by atoms with Crippen LogP contribution in [-0.2, 0) is 4.79 Å². The second kappa shape index (κ2) is 3.16. The predicted octanol–water partition coefficient (Wildman–Crippen LogP) is 1.25. The van der Waals surface area contributed by atoms with Crippen LogP contribution in [0.2, 0.25) is 0 Å². The number of hydrogen-bond acceptors (Lipinski definition) is 3. The van der Waals surface area contributed by atoms with E-state index in [9.17, 15) is 4.79 Å². The van der Waals surface area contributed by atoms with Gasteiger partial charge >= 0.3 is 0 Å². The van der Waals surface area contributed by atoms with Gasteiger partial charge in [-0.2, -0.15) is 17.0 Å². The van der Waals surface area contributed by atoms with Gasteiger partial charge in [-0.05, 0) is 20.3 Å². The lowest BCUT2D eigenvalue weighted by atomic mass is 9.93. The van der Waals surface area contributed by atoms with Gasteiger partial charge in [0.1, 0.15) is 5.41 Å². The number of amides is 1. The molecule has 2 atom stereocenters. The van der Waals surface area contributed by atoms with E-state index in [1.165, 1.54) is 0 Å². The molecule has 2 aliphatic rings. The van der Waals surface area contributed by atoms with Crippen LogP contribution in [0.15, 0.2) is 0 Å². The molecule has 0 N–H and O–H groups in total. The maximum absolute atomic E-state index is 12.0. The van der Waals surface area contributed by atoms with E-state index in [4.69, 9.17) is 5.26 Å². The normalized spacial score (nSPS) is 30.5. The van der Waals surface area contributed by atoms with Crippen molar-refractivity contribution in [3.63, 3.8) is 0 Å². The Balaban J connectivity index is 2.11. The van der Waals surface area contributed by atoms with Gasteiger partial charge in [-0.3, -0.25) is 4.79 Å². The zero-order chi connectivity index (χ0) is 10.3. The van der Waals surface area contributed by atoms with Gasteiger partial charge in [-0.25, -0.2) is 0 Å². The van der Waals surface area contributed by atoms with Crippen LogP contribution in [-0.4, -0.2) is 34.4 Å². The van der Waals surface area contributed by atoms with E-state index in [0.29, 0.717) is 11.3 Å². The molecule has 1 amide bonds. The average Bonchev–Trinajstić information content (AvgIpc) is 2.77. The van der Waals surface area contributed by atoms with Crippen molar-refractivity contribution in [1.82, 2.24) is 4.90 Å². The second-order valence-corrected chi connectivity index (χ2v) is 5.87. The fourth-order valence-electron chi connectivity index (χ4n) is 2.06. The van der Waals surface area contributed by atoms with Gasteiger partial charge in [-0.1, -0.05) is 0 Å². The maximum atomic E-state index is 12.0. The highest BCUT2D eigenvalue weighted by Gasteiger charge is 2.45.